The van der Waals surface area contributed by atoms with Crippen LogP contribution in [-0.2, 0) is 0 Å². The van der Waals surface area contributed by atoms with E-state index < -0.39 is 53.1 Å². The van der Waals surface area contributed by atoms with Crippen LogP contribution in [0.3, 0.4) is 0 Å². The van der Waals surface area contributed by atoms with Gasteiger partial charge in [-0.25, -0.2) is 0 Å². The maximum absolute atomic E-state index is 2.59. The molecule has 0 amide bonds. The van der Waals surface area contributed by atoms with Crippen LogP contribution in [0, 0.1) is 0 Å². The molecule has 0 aliphatic rings. The van der Waals surface area contributed by atoms with Crippen molar-refractivity contribution >= 4 is 126 Å². The fourth-order valence-corrected chi connectivity index (χ4v) is 18.8. The van der Waals surface area contributed by atoms with Crippen molar-refractivity contribution in [3.05, 3.63) is 146 Å². The number of rotatable bonds is 10. The summed E-state index contributed by atoms with van der Waals surface area (Å²) in [5, 5.41) is 5.02. The first-order valence-electron chi connectivity index (χ1n) is 20.3. The molecule has 0 saturated heterocycles. The van der Waals surface area contributed by atoms with E-state index in [1.165, 1.54) is 55.7 Å². The minimum atomic E-state index is -2.24. The topological polar surface area (TPSA) is 6.48 Å². The average molecular weight is 979 g/mol. The van der Waals surface area contributed by atoms with Crippen LogP contribution in [-0.4, -0.2) is 53.1 Å². The van der Waals surface area contributed by atoms with Crippen LogP contribution >= 0.6 is 0 Å². The number of para-hydroxylation sites is 2. The fraction of sp³-hybridized carbons (Fsp3) is 0.240. The second-order valence-electron chi connectivity index (χ2n) is 19.7. The van der Waals surface area contributed by atoms with E-state index in [1.807, 2.05) is 0 Å². The Bertz CT molecular complexity index is 2220. The predicted octanol–water partition coefficient (Wildman–Crippen LogP) is 13.1. The first kappa shape index (κ1) is 41.0. The van der Waals surface area contributed by atoms with Crippen LogP contribution in [0.25, 0.3) is 21.5 Å². The van der Waals surface area contributed by atoms with E-state index in [4.69, 9.17) is 0 Å². The van der Waals surface area contributed by atoms with E-state index in [0.29, 0.717) is 0 Å². The van der Waals surface area contributed by atoms with Crippen molar-refractivity contribution in [3.63, 3.8) is 0 Å². The van der Waals surface area contributed by atoms with E-state index in [2.05, 4.69) is 224 Å². The summed E-state index contributed by atoms with van der Waals surface area (Å²) in [6, 6.07) is 56.0. The second-order valence-corrected chi connectivity index (χ2v) is 62.3. The fourth-order valence-electron chi connectivity index (χ4n) is 7.75. The summed E-state index contributed by atoms with van der Waals surface area (Å²) in [7, 11) is 0. The van der Waals surface area contributed by atoms with E-state index in [-0.39, 0.29) is 0 Å². The molecular formula is C50H60Ge4N2. The van der Waals surface area contributed by atoms with Crippen molar-refractivity contribution in [2.45, 2.75) is 69.1 Å². The van der Waals surface area contributed by atoms with Crippen molar-refractivity contribution < 1.29 is 0 Å². The van der Waals surface area contributed by atoms with Crippen molar-refractivity contribution in [3.8, 4) is 0 Å². The Morgan fingerprint density at radius 3 is 0.732 bits per heavy atom. The molecule has 0 atom stereocenters. The Hall–Kier alpha value is -3.17. The molecule has 0 N–H and O–H groups in total. The van der Waals surface area contributed by atoms with Crippen LogP contribution < -0.4 is 27.4 Å². The molecule has 0 spiro atoms. The van der Waals surface area contributed by atoms with Gasteiger partial charge in [-0.1, -0.05) is 0 Å². The number of anilines is 6. The van der Waals surface area contributed by atoms with E-state index in [9.17, 15) is 0 Å². The Morgan fingerprint density at radius 2 is 0.500 bits per heavy atom. The zero-order valence-electron chi connectivity index (χ0n) is 35.8. The number of nitrogens with zero attached hydrogens (tertiary/aromatic N) is 2. The van der Waals surface area contributed by atoms with Gasteiger partial charge in [-0.05, 0) is 0 Å². The zero-order chi connectivity index (χ0) is 40.2. The molecule has 0 heterocycles. The van der Waals surface area contributed by atoms with Crippen LogP contribution in [0.1, 0.15) is 0 Å². The third-order valence-corrected chi connectivity index (χ3v) is 28.1. The first-order valence-corrected chi connectivity index (χ1v) is 49.7. The molecule has 0 unspecified atom stereocenters. The van der Waals surface area contributed by atoms with Crippen LogP contribution in [0.15, 0.2) is 146 Å². The summed E-state index contributed by atoms with van der Waals surface area (Å²) in [4.78, 5) is 5.19. The van der Waals surface area contributed by atoms with Gasteiger partial charge in [0.25, 0.3) is 0 Å². The van der Waals surface area contributed by atoms with Crippen molar-refractivity contribution in [1.29, 1.82) is 0 Å². The summed E-state index contributed by atoms with van der Waals surface area (Å²) in [5.41, 5.74) is 7.42. The van der Waals surface area contributed by atoms with Crippen LogP contribution in [0.5, 0.6) is 0 Å². The molecule has 0 aromatic heterocycles. The maximum atomic E-state index is 2.59. The van der Waals surface area contributed by atoms with Gasteiger partial charge in [-0.3, -0.25) is 0 Å². The van der Waals surface area contributed by atoms with E-state index >= 15 is 0 Å². The standard InChI is InChI=1S/C50H60Ge4N2/c1-51(2,3)37-31-38(52(4,5)6)34-43(33-37)55(41-23-15-13-16-24-41)49-45-27-19-21-29-47(45)50(48-30-22-20-28-46(48)49)56(42-25-17-14-18-26-42)44-35-39(53(7,8)9)32-40(36-44)54(10,11)12/h13-36H,1-12H3. The molecular weight excluding hydrogens is 919 g/mol. The molecule has 0 saturated carbocycles. The zero-order valence-corrected chi connectivity index (χ0v) is 44.1. The Kier molecular flexibility index (Phi) is 11.4. The quantitative estimate of drug-likeness (QED) is 0.0765. The number of fused-ring (bicyclic) bond motifs is 2. The Labute approximate surface area is 347 Å². The SMILES string of the molecule is [CH3][Ge]([CH3])([CH3])[c]1cc(N(c2ccccc2)c2c3ccccc3c(N(c3ccccc3)c3c[c]([Ge]([CH3])([CH3])[CH3])c[c]([Ge]([CH3])([CH3])[CH3])c3)c3ccccc23)c[c]([Ge]([CH3])([CH3])[CH3])c1. The summed E-state index contributed by atoms with van der Waals surface area (Å²) in [6.07, 6.45) is 0. The molecule has 7 aromatic carbocycles. The Morgan fingerprint density at radius 1 is 0.268 bits per heavy atom. The molecule has 2 nitrogen and oxygen atoms in total. The van der Waals surface area contributed by atoms with Gasteiger partial charge in [0.05, 0.1) is 0 Å². The minimum absolute atomic E-state index is 1.19. The normalized spacial score (nSPS) is 12.6. The molecule has 7 aromatic rings. The monoisotopic (exact) mass is 984 g/mol. The molecule has 0 bridgehead atoms. The molecule has 6 heteroatoms. The van der Waals surface area contributed by atoms with Crippen LogP contribution in [0.2, 0.25) is 69.1 Å². The Balaban J connectivity index is 1.64. The molecule has 56 heavy (non-hydrogen) atoms. The van der Waals surface area contributed by atoms with Gasteiger partial charge >= 0.3 is 351 Å². The molecule has 0 radical (unpaired) electrons. The van der Waals surface area contributed by atoms with Crippen molar-refractivity contribution in [2.75, 3.05) is 9.80 Å². The number of hydrogen-bond donors (Lipinski definition) is 0. The third-order valence-electron chi connectivity index (χ3n) is 11.2. The van der Waals surface area contributed by atoms with E-state index in [1.54, 1.807) is 17.6 Å². The second kappa shape index (κ2) is 15.5. The number of hydrogen-bond acceptors (Lipinski definition) is 2. The first-order chi connectivity index (χ1) is 26.3. The molecule has 0 fully saturated rings. The van der Waals surface area contributed by atoms with Gasteiger partial charge in [0.1, 0.15) is 0 Å². The third kappa shape index (κ3) is 8.37. The average Bonchev–Trinajstić information content (AvgIpc) is 3.15. The molecule has 0 aliphatic carbocycles. The summed E-state index contributed by atoms with van der Waals surface area (Å²) >= 11 is -8.98. The van der Waals surface area contributed by atoms with Gasteiger partial charge in [0.2, 0.25) is 0 Å². The van der Waals surface area contributed by atoms with Gasteiger partial charge in [-0.2, -0.15) is 0 Å². The van der Waals surface area contributed by atoms with Crippen molar-refractivity contribution in [1.82, 2.24) is 0 Å². The summed E-state index contributed by atoms with van der Waals surface area (Å²) < 4.78 is 6.29. The van der Waals surface area contributed by atoms with Gasteiger partial charge in [0.15, 0.2) is 0 Å². The molecule has 286 valence electrons. The number of benzene rings is 7. The van der Waals surface area contributed by atoms with Gasteiger partial charge < -0.3 is 0 Å². The summed E-state index contributed by atoms with van der Waals surface area (Å²) in [5.74, 6) is 30.4. The van der Waals surface area contributed by atoms with Crippen LogP contribution in [0.4, 0.5) is 34.1 Å². The predicted molar refractivity (Wildman–Crippen MR) is 263 cm³/mol. The molecule has 7 rings (SSSR count). The molecule has 0 aliphatic heterocycles. The summed E-state index contributed by atoms with van der Waals surface area (Å²) in [6.45, 7) is 0. The van der Waals surface area contributed by atoms with Gasteiger partial charge in [-0.15, -0.1) is 0 Å². The van der Waals surface area contributed by atoms with E-state index in [0.717, 1.165) is 0 Å². The van der Waals surface area contributed by atoms with Crippen molar-refractivity contribution in [2.24, 2.45) is 0 Å². The van der Waals surface area contributed by atoms with Gasteiger partial charge in [0, 0.05) is 0 Å².